The van der Waals surface area contributed by atoms with Crippen LogP contribution in [0.4, 0.5) is 0 Å². The normalized spacial score (nSPS) is 31.9. The molecule has 1 aromatic heterocycles. The highest BCUT2D eigenvalue weighted by Gasteiger charge is 2.38. The van der Waals surface area contributed by atoms with Gasteiger partial charge in [0.15, 0.2) is 0 Å². The number of hydrogen-bond donors (Lipinski definition) is 1. The van der Waals surface area contributed by atoms with Gasteiger partial charge >= 0.3 is 0 Å². The second kappa shape index (κ2) is 5.53. The topological polar surface area (TPSA) is 42.4 Å². The zero-order valence-corrected chi connectivity index (χ0v) is 13.0. The molecule has 3 heteroatoms. The van der Waals surface area contributed by atoms with Gasteiger partial charge in [0.05, 0.1) is 6.04 Å². The minimum absolute atomic E-state index is 0.265. The van der Waals surface area contributed by atoms with Gasteiger partial charge in [-0.05, 0) is 49.3 Å². The average Bonchev–Trinajstić information content (AvgIpc) is 2.88. The second-order valence-electron chi connectivity index (χ2n) is 7.10. The Morgan fingerprint density at radius 1 is 1.40 bits per heavy atom. The Balaban J connectivity index is 1.69. The van der Waals surface area contributed by atoms with Crippen LogP contribution in [0.1, 0.15) is 57.1 Å². The fourth-order valence-corrected chi connectivity index (χ4v) is 3.55. The lowest BCUT2D eigenvalue weighted by Gasteiger charge is -2.25. The van der Waals surface area contributed by atoms with Crippen LogP contribution in [0.15, 0.2) is 16.5 Å². The predicted octanol–water partition coefficient (Wildman–Crippen LogP) is 3.38. The highest BCUT2D eigenvalue weighted by atomic mass is 16.3. The maximum absolute atomic E-state index is 6.12. The molecule has 3 nitrogen and oxygen atoms in total. The lowest BCUT2D eigenvalue weighted by atomic mass is 9.95. The summed E-state index contributed by atoms with van der Waals surface area (Å²) in [6, 6.07) is 4.59. The van der Waals surface area contributed by atoms with Gasteiger partial charge in [0.1, 0.15) is 11.5 Å². The lowest BCUT2D eigenvalue weighted by molar-refractivity contribution is 0.203. The molecule has 2 heterocycles. The summed E-state index contributed by atoms with van der Waals surface area (Å²) >= 11 is 0. The molecule has 1 aliphatic heterocycles. The third-order valence-electron chi connectivity index (χ3n) is 5.31. The van der Waals surface area contributed by atoms with Crippen molar-refractivity contribution >= 4 is 0 Å². The molecule has 2 aliphatic rings. The molecule has 20 heavy (non-hydrogen) atoms. The maximum atomic E-state index is 6.12. The first-order chi connectivity index (χ1) is 9.60. The predicted molar refractivity (Wildman–Crippen MR) is 81.5 cm³/mol. The van der Waals surface area contributed by atoms with Crippen molar-refractivity contribution in [3.63, 3.8) is 0 Å². The molecule has 112 valence electrons. The number of nitrogens with two attached hydrogens (primary N) is 1. The zero-order chi connectivity index (χ0) is 14.3. The van der Waals surface area contributed by atoms with E-state index in [9.17, 15) is 0 Å². The van der Waals surface area contributed by atoms with Crippen LogP contribution in [-0.4, -0.2) is 24.5 Å². The van der Waals surface area contributed by atoms with E-state index in [1.54, 1.807) is 0 Å². The number of nitrogens with zero attached hydrogens (tertiary/aromatic N) is 1. The fourth-order valence-electron chi connectivity index (χ4n) is 3.55. The zero-order valence-electron chi connectivity index (χ0n) is 13.0. The molecule has 3 rings (SSSR count). The van der Waals surface area contributed by atoms with E-state index in [1.165, 1.54) is 18.6 Å². The SMILES string of the molecule is CC(C)C1CCN(C(CN)c2ccc(C3CC3C)o2)C1. The van der Waals surface area contributed by atoms with Crippen LogP contribution in [0.5, 0.6) is 0 Å². The molecule has 1 aliphatic carbocycles. The van der Waals surface area contributed by atoms with Crippen molar-refractivity contribution in [2.45, 2.75) is 45.6 Å². The summed E-state index contributed by atoms with van der Waals surface area (Å²) in [5.74, 6) is 5.27. The van der Waals surface area contributed by atoms with E-state index < -0.39 is 0 Å². The lowest BCUT2D eigenvalue weighted by Crippen LogP contribution is -2.32. The van der Waals surface area contributed by atoms with Crippen LogP contribution < -0.4 is 5.73 Å². The molecule has 0 aromatic carbocycles. The molecule has 1 aromatic rings. The molecule has 4 atom stereocenters. The minimum Gasteiger partial charge on any atom is -0.464 e. The first-order valence-electron chi connectivity index (χ1n) is 8.14. The Bertz CT molecular complexity index is 454. The van der Waals surface area contributed by atoms with Crippen molar-refractivity contribution < 1.29 is 4.42 Å². The van der Waals surface area contributed by atoms with Crippen molar-refractivity contribution in [3.8, 4) is 0 Å². The van der Waals surface area contributed by atoms with Crippen molar-refractivity contribution in [1.82, 2.24) is 4.90 Å². The average molecular weight is 276 g/mol. The van der Waals surface area contributed by atoms with Gasteiger partial charge in [0.25, 0.3) is 0 Å². The summed E-state index contributed by atoms with van der Waals surface area (Å²) in [5, 5.41) is 0. The Morgan fingerprint density at radius 3 is 2.70 bits per heavy atom. The van der Waals surface area contributed by atoms with E-state index in [4.69, 9.17) is 10.2 Å². The van der Waals surface area contributed by atoms with Gasteiger partial charge in [0, 0.05) is 19.0 Å². The second-order valence-corrected chi connectivity index (χ2v) is 7.10. The minimum atomic E-state index is 0.265. The molecule has 2 fully saturated rings. The van der Waals surface area contributed by atoms with Crippen molar-refractivity contribution in [2.75, 3.05) is 19.6 Å². The van der Waals surface area contributed by atoms with Crippen molar-refractivity contribution in [2.24, 2.45) is 23.5 Å². The van der Waals surface area contributed by atoms with Crippen molar-refractivity contribution in [1.29, 1.82) is 0 Å². The summed E-state index contributed by atoms with van der Waals surface area (Å²) < 4.78 is 6.12. The third-order valence-corrected chi connectivity index (χ3v) is 5.31. The number of rotatable bonds is 5. The molecule has 4 unspecified atom stereocenters. The molecule has 0 spiro atoms. The molecular formula is C17H28N2O. The standard InChI is InChI=1S/C17H28N2O/c1-11(2)13-6-7-19(10-13)15(9-18)17-5-4-16(20-17)14-8-12(14)3/h4-5,11-15H,6-10,18H2,1-3H3. The van der Waals surface area contributed by atoms with Crippen LogP contribution in [0.3, 0.4) is 0 Å². The first-order valence-corrected chi connectivity index (χ1v) is 8.14. The highest BCUT2D eigenvalue weighted by Crippen LogP contribution is 2.48. The van der Waals surface area contributed by atoms with Crippen LogP contribution in [-0.2, 0) is 0 Å². The van der Waals surface area contributed by atoms with Gasteiger partial charge in [-0.3, -0.25) is 4.90 Å². The quantitative estimate of drug-likeness (QED) is 0.896. The van der Waals surface area contributed by atoms with Gasteiger partial charge in [-0.25, -0.2) is 0 Å². The van der Waals surface area contributed by atoms with E-state index in [1.807, 2.05) is 0 Å². The Morgan fingerprint density at radius 2 is 2.15 bits per heavy atom. The van der Waals surface area contributed by atoms with Crippen LogP contribution in [0.25, 0.3) is 0 Å². The van der Waals surface area contributed by atoms with E-state index >= 15 is 0 Å². The summed E-state index contributed by atoms with van der Waals surface area (Å²) in [4.78, 5) is 2.52. The highest BCUT2D eigenvalue weighted by molar-refractivity contribution is 5.19. The van der Waals surface area contributed by atoms with Gasteiger partial charge in [-0.1, -0.05) is 20.8 Å². The number of likely N-dealkylation sites (tertiary alicyclic amines) is 1. The molecule has 0 amide bonds. The number of furan rings is 1. The fraction of sp³-hybridized carbons (Fsp3) is 0.765. The molecule has 2 N–H and O–H groups in total. The van der Waals surface area contributed by atoms with Crippen LogP contribution in [0.2, 0.25) is 0 Å². The molecule has 1 saturated carbocycles. The third kappa shape index (κ3) is 2.66. The summed E-state index contributed by atoms with van der Waals surface area (Å²) in [6.07, 6.45) is 2.57. The largest absolute Gasteiger partial charge is 0.464 e. The van der Waals surface area contributed by atoms with Gasteiger partial charge in [0.2, 0.25) is 0 Å². The van der Waals surface area contributed by atoms with E-state index in [-0.39, 0.29) is 6.04 Å². The molecule has 1 saturated heterocycles. The van der Waals surface area contributed by atoms with E-state index in [0.717, 1.165) is 36.6 Å². The maximum Gasteiger partial charge on any atom is 0.122 e. The molecule has 0 bridgehead atoms. The Hall–Kier alpha value is -0.800. The van der Waals surface area contributed by atoms with Gasteiger partial charge in [-0.15, -0.1) is 0 Å². The smallest absolute Gasteiger partial charge is 0.122 e. The monoisotopic (exact) mass is 276 g/mol. The molecular weight excluding hydrogens is 248 g/mol. The summed E-state index contributed by atoms with van der Waals surface area (Å²) in [5.41, 5.74) is 6.03. The van der Waals surface area contributed by atoms with E-state index in [0.29, 0.717) is 12.5 Å². The van der Waals surface area contributed by atoms with Gasteiger partial charge < -0.3 is 10.2 Å². The Labute approximate surface area is 122 Å². The van der Waals surface area contributed by atoms with Gasteiger partial charge in [-0.2, -0.15) is 0 Å². The summed E-state index contributed by atoms with van der Waals surface area (Å²) in [7, 11) is 0. The Kier molecular flexibility index (Phi) is 3.91. The van der Waals surface area contributed by atoms with Crippen LogP contribution >= 0.6 is 0 Å². The van der Waals surface area contributed by atoms with Crippen molar-refractivity contribution in [3.05, 3.63) is 23.7 Å². The van der Waals surface area contributed by atoms with E-state index in [2.05, 4.69) is 37.8 Å². The summed E-state index contributed by atoms with van der Waals surface area (Å²) in [6.45, 7) is 9.91. The van der Waals surface area contributed by atoms with Crippen LogP contribution in [0, 0.1) is 17.8 Å². The first kappa shape index (κ1) is 14.2. The molecule has 0 radical (unpaired) electrons. The number of hydrogen-bond acceptors (Lipinski definition) is 3.